The Kier molecular flexibility index (Phi) is 2.00. The first kappa shape index (κ1) is 8.56. The number of fused-ring (bicyclic) bond motifs is 1. The van der Waals surface area contributed by atoms with Crippen LogP contribution in [0.2, 0.25) is 0 Å². The molecule has 0 unspecified atom stereocenters. The third-order valence-electron chi connectivity index (χ3n) is 2.39. The first-order valence-corrected chi connectivity index (χ1v) is 4.60. The maximum absolute atomic E-state index is 11.5. The maximum atomic E-state index is 11.5. The lowest BCUT2D eigenvalue weighted by Gasteiger charge is -2.16. The molecule has 4 heteroatoms. The molecule has 2 heterocycles. The minimum Gasteiger partial charge on any atom is -0.375 e. The van der Waals surface area contributed by atoms with Crippen LogP contribution >= 0.6 is 0 Å². The summed E-state index contributed by atoms with van der Waals surface area (Å²) in [5.41, 5.74) is 1.97. The van der Waals surface area contributed by atoms with Crippen molar-refractivity contribution < 1.29 is 4.74 Å². The van der Waals surface area contributed by atoms with Crippen LogP contribution in [-0.2, 0) is 17.8 Å². The molecule has 13 heavy (non-hydrogen) atoms. The number of H-pyrrole nitrogens is 1. The second kappa shape index (κ2) is 3.03. The van der Waals surface area contributed by atoms with Crippen LogP contribution in [0.4, 0.5) is 0 Å². The summed E-state index contributed by atoms with van der Waals surface area (Å²) in [6, 6.07) is 0.290. The van der Waals surface area contributed by atoms with Crippen molar-refractivity contribution in [2.45, 2.75) is 32.9 Å². The topological polar surface area (TPSA) is 47.0 Å². The van der Waals surface area contributed by atoms with Gasteiger partial charge >= 0.3 is 0 Å². The molecule has 0 saturated carbocycles. The molecule has 4 nitrogen and oxygen atoms in total. The van der Waals surface area contributed by atoms with Gasteiger partial charge in [-0.25, -0.2) is 0 Å². The summed E-state index contributed by atoms with van der Waals surface area (Å²) in [4.78, 5) is 11.5. The van der Waals surface area contributed by atoms with Gasteiger partial charge in [0, 0.05) is 18.0 Å². The molecule has 2 rings (SSSR count). The minimum atomic E-state index is 0.0481. The van der Waals surface area contributed by atoms with Gasteiger partial charge in [0.25, 0.3) is 5.56 Å². The minimum absolute atomic E-state index is 0.0481. The molecule has 0 saturated heterocycles. The molecule has 0 spiro atoms. The van der Waals surface area contributed by atoms with Gasteiger partial charge in [0.1, 0.15) is 0 Å². The smallest absolute Gasteiger partial charge is 0.267 e. The van der Waals surface area contributed by atoms with E-state index in [1.807, 2.05) is 18.5 Å². The van der Waals surface area contributed by atoms with Gasteiger partial charge in [0.2, 0.25) is 0 Å². The van der Waals surface area contributed by atoms with Crippen LogP contribution in [0.15, 0.2) is 4.79 Å². The van der Waals surface area contributed by atoms with Crippen molar-refractivity contribution in [2.75, 3.05) is 6.61 Å². The Hall–Kier alpha value is -1.03. The van der Waals surface area contributed by atoms with Crippen LogP contribution < -0.4 is 5.56 Å². The fraction of sp³-hybridized carbons (Fsp3) is 0.667. The highest BCUT2D eigenvalue weighted by Gasteiger charge is 2.19. The van der Waals surface area contributed by atoms with Crippen LogP contribution in [0.1, 0.15) is 31.1 Å². The second-order valence-corrected chi connectivity index (χ2v) is 3.63. The molecule has 1 N–H and O–H groups in total. The average Bonchev–Trinajstić information content (AvgIpc) is 2.45. The zero-order valence-electron chi connectivity index (χ0n) is 7.96. The van der Waals surface area contributed by atoms with E-state index >= 15 is 0 Å². The predicted molar refractivity (Wildman–Crippen MR) is 48.8 cm³/mol. The first-order valence-electron chi connectivity index (χ1n) is 4.60. The number of hydrogen-bond donors (Lipinski definition) is 1. The molecular weight excluding hydrogens is 168 g/mol. The fourth-order valence-electron chi connectivity index (χ4n) is 1.72. The Morgan fingerprint density at radius 2 is 2.31 bits per heavy atom. The summed E-state index contributed by atoms with van der Waals surface area (Å²) < 4.78 is 7.22. The second-order valence-electron chi connectivity index (χ2n) is 3.63. The summed E-state index contributed by atoms with van der Waals surface area (Å²) in [7, 11) is 0. The van der Waals surface area contributed by atoms with E-state index in [4.69, 9.17) is 4.74 Å². The molecule has 1 aliphatic heterocycles. The number of nitrogens with zero attached hydrogens (tertiary/aromatic N) is 1. The van der Waals surface area contributed by atoms with Crippen LogP contribution in [0.5, 0.6) is 0 Å². The highest BCUT2D eigenvalue weighted by molar-refractivity contribution is 5.19. The van der Waals surface area contributed by atoms with Crippen LogP contribution in [0, 0.1) is 0 Å². The lowest BCUT2D eigenvalue weighted by atomic mass is 10.1. The molecule has 0 fully saturated rings. The van der Waals surface area contributed by atoms with Gasteiger partial charge in [0.05, 0.1) is 18.9 Å². The molecule has 0 bridgehead atoms. The van der Waals surface area contributed by atoms with Gasteiger partial charge in [0.15, 0.2) is 0 Å². The normalized spacial score (nSPS) is 16.2. The van der Waals surface area contributed by atoms with E-state index in [-0.39, 0.29) is 11.6 Å². The fourth-order valence-corrected chi connectivity index (χ4v) is 1.72. The maximum Gasteiger partial charge on any atom is 0.267 e. The Bertz CT molecular complexity index is 362. The van der Waals surface area contributed by atoms with Crippen molar-refractivity contribution >= 4 is 0 Å². The van der Waals surface area contributed by atoms with Crippen molar-refractivity contribution in [3.63, 3.8) is 0 Å². The lowest BCUT2D eigenvalue weighted by molar-refractivity contribution is 0.103. The van der Waals surface area contributed by atoms with Gasteiger partial charge in [-0.2, -0.15) is 0 Å². The third kappa shape index (κ3) is 1.31. The molecule has 0 amide bonds. The van der Waals surface area contributed by atoms with E-state index in [1.165, 1.54) is 0 Å². The average molecular weight is 182 g/mol. The van der Waals surface area contributed by atoms with Crippen LogP contribution in [0.3, 0.4) is 0 Å². The number of nitrogens with one attached hydrogen (secondary N) is 1. The summed E-state index contributed by atoms with van der Waals surface area (Å²) in [5.74, 6) is 0. The molecule has 1 aromatic heterocycles. The molecule has 0 aliphatic carbocycles. The molecule has 1 aromatic rings. The SMILES string of the molecule is CC(C)n1[nH]c(=O)c2c1COCC2. The van der Waals surface area contributed by atoms with E-state index in [1.54, 1.807) is 0 Å². The third-order valence-corrected chi connectivity index (χ3v) is 2.39. The Labute approximate surface area is 76.5 Å². The van der Waals surface area contributed by atoms with E-state index in [0.29, 0.717) is 13.2 Å². The molecular formula is C9H14N2O2. The number of aromatic amines is 1. The summed E-state index contributed by atoms with van der Waals surface area (Å²) in [6.45, 7) is 5.32. The highest BCUT2D eigenvalue weighted by Crippen LogP contribution is 2.15. The van der Waals surface area contributed by atoms with Crippen molar-refractivity contribution in [3.8, 4) is 0 Å². The van der Waals surface area contributed by atoms with Crippen LogP contribution in [-0.4, -0.2) is 16.4 Å². The van der Waals surface area contributed by atoms with E-state index in [2.05, 4.69) is 5.10 Å². The van der Waals surface area contributed by atoms with Crippen molar-refractivity contribution in [2.24, 2.45) is 0 Å². The van der Waals surface area contributed by atoms with Gasteiger partial charge in [-0.3, -0.25) is 14.6 Å². The number of hydrogen-bond acceptors (Lipinski definition) is 2. The standard InChI is InChI=1S/C9H14N2O2/c1-6(2)11-8-5-13-4-3-7(8)9(12)10-11/h6H,3-5H2,1-2H3,(H,10,12). The number of rotatable bonds is 1. The molecule has 0 aromatic carbocycles. The summed E-state index contributed by atoms with van der Waals surface area (Å²) in [6.07, 6.45) is 0.740. The van der Waals surface area contributed by atoms with Gasteiger partial charge in [-0.15, -0.1) is 0 Å². The van der Waals surface area contributed by atoms with E-state index in [9.17, 15) is 4.79 Å². The van der Waals surface area contributed by atoms with Crippen molar-refractivity contribution in [3.05, 3.63) is 21.6 Å². The molecule has 1 aliphatic rings. The van der Waals surface area contributed by atoms with Gasteiger partial charge in [-0.05, 0) is 13.8 Å². The zero-order valence-corrected chi connectivity index (χ0v) is 7.96. The van der Waals surface area contributed by atoms with Crippen LogP contribution in [0.25, 0.3) is 0 Å². The van der Waals surface area contributed by atoms with Gasteiger partial charge < -0.3 is 4.74 Å². The highest BCUT2D eigenvalue weighted by atomic mass is 16.5. The van der Waals surface area contributed by atoms with E-state index < -0.39 is 0 Å². The molecule has 72 valence electrons. The number of ether oxygens (including phenoxy) is 1. The lowest BCUT2D eigenvalue weighted by Crippen LogP contribution is -2.16. The zero-order chi connectivity index (χ0) is 9.42. The quantitative estimate of drug-likeness (QED) is 0.699. The Balaban J connectivity index is 2.54. The van der Waals surface area contributed by atoms with Crippen molar-refractivity contribution in [1.82, 2.24) is 9.78 Å². The predicted octanol–water partition coefficient (Wildman–Crippen LogP) is 0.830. The number of aromatic nitrogens is 2. The largest absolute Gasteiger partial charge is 0.375 e. The van der Waals surface area contributed by atoms with Gasteiger partial charge in [-0.1, -0.05) is 0 Å². The molecule has 0 atom stereocenters. The molecule has 0 radical (unpaired) electrons. The Morgan fingerprint density at radius 3 is 3.00 bits per heavy atom. The summed E-state index contributed by atoms with van der Waals surface area (Å²) in [5, 5.41) is 2.84. The summed E-state index contributed by atoms with van der Waals surface area (Å²) >= 11 is 0. The first-order chi connectivity index (χ1) is 6.20. The van der Waals surface area contributed by atoms with E-state index in [0.717, 1.165) is 17.7 Å². The Morgan fingerprint density at radius 1 is 1.54 bits per heavy atom. The van der Waals surface area contributed by atoms with Crippen molar-refractivity contribution in [1.29, 1.82) is 0 Å². The monoisotopic (exact) mass is 182 g/mol.